The highest BCUT2D eigenvalue weighted by Crippen LogP contribution is 2.15. The number of esters is 1. The van der Waals surface area contributed by atoms with Crippen LogP contribution in [-0.2, 0) is 14.3 Å². The molecule has 6 heteroatoms. The number of carbonyl (C=O) groups is 2. The number of nitrogens with one attached hydrogen (secondary N) is 1. The van der Waals surface area contributed by atoms with Crippen LogP contribution in [-0.4, -0.2) is 47.4 Å². The predicted molar refractivity (Wildman–Crippen MR) is 232 cm³/mol. The topological polar surface area (TPSA) is 95.9 Å². The lowest BCUT2D eigenvalue weighted by Crippen LogP contribution is -2.45. The lowest BCUT2D eigenvalue weighted by atomic mass is 10.0. The van der Waals surface area contributed by atoms with Crippen molar-refractivity contribution < 1.29 is 24.5 Å². The van der Waals surface area contributed by atoms with Crippen LogP contribution in [0.2, 0.25) is 0 Å². The highest BCUT2D eigenvalue weighted by Gasteiger charge is 2.19. The second kappa shape index (κ2) is 44.1. The fraction of sp³-hybridized carbons (Fsp3) is 0.875. The molecule has 2 unspecified atom stereocenters. The Morgan fingerprint density at radius 1 is 0.500 bits per heavy atom. The third-order valence-electron chi connectivity index (χ3n) is 10.7. The van der Waals surface area contributed by atoms with Crippen LogP contribution in [0.5, 0.6) is 0 Å². The van der Waals surface area contributed by atoms with E-state index >= 15 is 0 Å². The molecule has 0 fully saturated rings. The van der Waals surface area contributed by atoms with Gasteiger partial charge in [-0.25, -0.2) is 0 Å². The second-order valence-corrected chi connectivity index (χ2v) is 16.1. The largest absolute Gasteiger partial charge is 0.466 e. The van der Waals surface area contributed by atoms with E-state index in [1.165, 1.54) is 141 Å². The van der Waals surface area contributed by atoms with Crippen LogP contribution in [0, 0.1) is 0 Å². The van der Waals surface area contributed by atoms with Gasteiger partial charge in [0.05, 0.1) is 25.4 Å². The molecule has 0 spiro atoms. The average molecular weight is 762 g/mol. The second-order valence-electron chi connectivity index (χ2n) is 16.1. The van der Waals surface area contributed by atoms with Gasteiger partial charge in [0.1, 0.15) is 0 Å². The van der Waals surface area contributed by atoms with Gasteiger partial charge < -0.3 is 20.3 Å². The molecule has 0 heterocycles. The fourth-order valence-corrected chi connectivity index (χ4v) is 7.05. The Morgan fingerprint density at radius 2 is 0.889 bits per heavy atom. The molecule has 0 aromatic rings. The zero-order valence-corrected chi connectivity index (χ0v) is 36.0. The maximum absolute atomic E-state index is 12.4. The zero-order chi connectivity index (χ0) is 39.4. The van der Waals surface area contributed by atoms with Gasteiger partial charge in [-0.15, -0.1) is 0 Å². The van der Waals surface area contributed by atoms with Gasteiger partial charge >= 0.3 is 5.97 Å². The first-order valence-electron chi connectivity index (χ1n) is 23.6. The molecule has 0 saturated heterocycles. The number of rotatable bonds is 43. The third kappa shape index (κ3) is 40.0. The molecule has 0 saturated carbocycles. The summed E-state index contributed by atoms with van der Waals surface area (Å²) < 4.78 is 5.42. The fourth-order valence-electron chi connectivity index (χ4n) is 7.05. The molecule has 1 amide bonds. The summed E-state index contributed by atoms with van der Waals surface area (Å²) >= 11 is 0. The number of aliphatic hydroxyl groups excluding tert-OH is 2. The van der Waals surface area contributed by atoms with Gasteiger partial charge in [-0.3, -0.25) is 9.59 Å². The Morgan fingerprint density at radius 3 is 1.35 bits per heavy atom. The Balaban J connectivity index is 3.56. The van der Waals surface area contributed by atoms with Crippen molar-refractivity contribution in [2.75, 3.05) is 13.2 Å². The number of hydrogen-bond acceptors (Lipinski definition) is 5. The van der Waals surface area contributed by atoms with E-state index in [4.69, 9.17) is 4.74 Å². The van der Waals surface area contributed by atoms with Crippen LogP contribution in [0.1, 0.15) is 245 Å². The number of hydrogen-bond donors (Lipinski definition) is 3. The van der Waals surface area contributed by atoms with E-state index in [1.54, 1.807) is 0 Å². The van der Waals surface area contributed by atoms with Gasteiger partial charge in [-0.2, -0.15) is 0 Å². The minimum absolute atomic E-state index is 0.0447. The van der Waals surface area contributed by atoms with Crippen molar-refractivity contribution in [3.05, 3.63) is 24.3 Å². The molecule has 0 aliphatic rings. The Bertz CT molecular complexity index is 843. The van der Waals surface area contributed by atoms with Crippen molar-refractivity contribution in [3.8, 4) is 0 Å². The van der Waals surface area contributed by atoms with Crippen LogP contribution in [0.3, 0.4) is 0 Å². The van der Waals surface area contributed by atoms with Gasteiger partial charge in [0, 0.05) is 12.8 Å². The summed E-state index contributed by atoms with van der Waals surface area (Å²) in [6, 6.07) is -0.578. The summed E-state index contributed by atoms with van der Waals surface area (Å²) in [6.45, 7) is 4.84. The average Bonchev–Trinajstić information content (AvgIpc) is 3.17. The van der Waals surface area contributed by atoms with Crippen molar-refractivity contribution in [1.82, 2.24) is 5.32 Å². The number of allylic oxidation sites excluding steroid dienone is 4. The monoisotopic (exact) mass is 762 g/mol. The normalized spacial score (nSPS) is 12.9. The molecular weight excluding hydrogens is 671 g/mol. The molecule has 54 heavy (non-hydrogen) atoms. The number of unbranched alkanes of at least 4 members (excludes halogenated alkanes) is 28. The summed E-state index contributed by atoms with van der Waals surface area (Å²) in [5.74, 6) is -0.141. The summed E-state index contributed by atoms with van der Waals surface area (Å²) in [7, 11) is 0. The van der Waals surface area contributed by atoms with E-state index in [1.807, 2.05) is 0 Å². The van der Waals surface area contributed by atoms with Crippen LogP contribution in [0.25, 0.3) is 0 Å². The molecule has 0 bridgehead atoms. The van der Waals surface area contributed by atoms with Gasteiger partial charge in [0.2, 0.25) is 5.91 Å². The van der Waals surface area contributed by atoms with Crippen molar-refractivity contribution in [1.29, 1.82) is 0 Å². The maximum atomic E-state index is 12.4. The first-order valence-corrected chi connectivity index (χ1v) is 23.6. The zero-order valence-electron chi connectivity index (χ0n) is 36.0. The van der Waals surface area contributed by atoms with E-state index in [0.29, 0.717) is 25.9 Å². The van der Waals surface area contributed by atoms with Gasteiger partial charge in [0.15, 0.2) is 0 Å². The van der Waals surface area contributed by atoms with Gasteiger partial charge in [-0.05, 0) is 70.6 Å². The maximum Gasteiger partial charge on any atom is 0.305 e. The molecule has 0 aromatic heterocycles. The molecule has 318 valence electrons. The van der Waals surface area contributed by atoms with Crippen LogP contribution >= 0.6 is 0 Å². The van der Waals surface area contributed by atoms with E-state index in [0.717, 1.165) is 70.6 Å². The van der Waals surface area contributed by atoms with Crippen molar-refractivity contribution >= 4 is 11.9 Å². The van der Waals surface area contributed by atoms with Crippen LogP contribution in [0.4, 0.5) is 0 Å². The number of carbonyl (C=O) groups excluding carboxylic acids is 2. The molecule has 3 N–H and O–H groups in total. The first kappa shape index (κ1) is 52.3. The summed E-state index contributed by atoms with van der Waals surface area (Å²) in [4.78, 5) is 24.4. The summed E-state index contributed by atoms with van der Waals surface area (Å²) in [5, 5.41) is 23.1. The first-order chi connectivity index (χ1) is 26.5. The summed E-state index contributed by atoms with van der Waals surface area (Å²) in [6.07, 6.45) is 50.0. The minimum Gasteiger partial charge on any atom is -0.466 e. The van der Waals surface area contributed by atoms with Crippen LogP contribution in [0.15, 0.2) is 24.3 Å². The van der Waals surface area contributed by atoms with Crippen molar-refractivity contribution in [3.63, 3.8) is 0 Å². The molecule has 0 radical (unpaired) electrons. The molecule has 0 aliphatic carbocycles. The SMILES string of the molecule is CCCCCCC/C=C\CCCCCCCC(=O)OCCCCCC/C=C\CCCC(=O)NC(CO)C(O)CCCCCCCCCCCCCCCC. The Hall–Kier alpha value is -1.66. The standard InChI is InChI=1S/C48H91NO5/c1-3-5-7-9-11-13-15-17-19-21-24-28-32-36-40-46(51)45(44-50)49-47(52)41-37-33-29-25-23-27-31-35-39-43-54-48(53)42-38-34-30-26-22-20-18-16-14-12-10-8-6-4-2/h16,18,25,29,45-46,50-51H,3-15,17,19-24,26-28,30-44H2,1-2H3,(H,49,52)/b18-16-,29-25-. The lowest BCUT2D eigenvalue weighted by Gasteiger charge is -2.22. The molecule has 6 nitrogen and oxygen atoms in total. The Kier molecular flexibility index (Phi) is 42.7. The highest BCUT2D eigenvalue weighted by molar-refractivity contribution is 5.76. The Labute approximate surface area is 335 Å². The lowest BCUT2D eigenvalue weighted by molar-refractivity contribution is -0.143. The summed E-state index contributed by atoms with van der Waals surface area (Å²) in [5.41, 5.74) is 0. The predicted octanol–water partition coefficient (Wildman–Crippen LogP) is 13.6. The molecule has 0 rings (SSSR count). The van der Waals surface area contributed by atoms with Crippen molar-refractivity contribution in [2.45, 2.75) is 257 Å². The van der Waals surface area contributed by atoms with E-state index < -0.39 is 12.1 Å². The third-order valence-corrected chi connectivity index (χ3v) is 10.7. The molecular formula is C48H91NO5. The van der Waals surface area contributed by atoms with Crippen molar-refractivity contribution in [2.24, 2.45) is 0 Å². The molecule has 2 atom stereocenters. The number of aliphatic hydroxyl groups is 2. The molecule has 0 aromatic carbocycles. The highest BCUT2D eigenvalue weighted by atomic mass is 16.5. The smallest absolute Gasteiger partial charge is 0.305 e. The quantitative estimate of drug-likeness (QED) is 0.0327. The van der Waals surface area contributed by atoms with E-state index in [9.17, 15) is 19.8 Å². The van der Waals surface area contributed by atoms with Gasteiger partial charge in [0.25, 0.3) is 0 Å². The number of amides is 1. The van der Waals surface area contributed by atoms with Crippen LogP contribution < -0.4 is 5.32 Å². The van der Waals surface area contributed by atoms with E-state index in [2.05, 4.69) is 43.5 Å². The van der Waals surface area contributed by atoms with Gasteiger partial charge in [-0.1, -0.05) is 186 Å². The minimum atomic E-state index is -0.694. The van der Waals surface area contributed by atoms with E-state index in [-0.39, 0.29) is 18.5 Å². The number of ether oxygens (including phenoxy) is 1. The molecule has 0 aliphatic heterocycles.